The summed E-state index contributed by atoms with van der Waals surface area (Å²) in [6, 6.07) is 1.71. The highest BCUT2D eigenvalue weighted by Crippen LogP contribution is 2.45. The summed E-state index contributed by atoms with van der Waals surface area (Å²) in [5.41, 5.74) is 2.93. The van der Waals surface area contributed by atoms with E-state index in [0.29, 0.717) is 49.4 Å². The summed E-state index contributed by atoms with van der Waals surface area (Å²) < 4.78 is 7.84. The lowest BCUT2D eigenvalue weighted by atomic mass is 10.0. The largest absolute Gasteiger partial charge is 0.353 e. The fourth-order valence-electron chi connectivity index (χ4n) is 5.01. The van der Waals surface area contributed by atoms with Crippen LogP contribution in [0.15, 0.2) is 6.07 Å². The van der Waals surface area contributed by atoms with Crippen LogP contribution in [0, 0.1) is 20.8 Å². The Bertz CT molecular complexity index is 983. The molecule has 3 fully saturated rings. The van der Waals surface area contributed by atoms with Crippen molar-refractivity contribution in [3.8, 4) is 0 Å². The van der Waals surface area contributed by atoms with E-state index in [1.807, 2.05) is 36.6 Å². The summed E-state index contributed by atoms with van der Waals surface area (Å²) in [7, 11) is 0. The van der Waals surface area contributed by atoms with Crippen LogP contribution >= 0.6 is 0 Å². The number of aryl methyl sites for hydroxylation is 3. The molecule has 3 aliphatic rings. The van der Waals surface area contributed by atoms with Crippen molar-refractivity contribution in [2.45, 2.75) is 51.8 Å². The van der Waals surface area contributed by atoms with Crippen molar-refractivity contribution in [1.29, 1.82) is 0 Å². The third kappa shape index (κ3) is 2.13. The van der Waals surface area contributed by atoms with Crippen LogP contribution in [0.3, 0.4) is 0 Å². The van der Waals surface area contributed by atoms with E-state index in [9.17, 15) is 9.59 Å². The van der Waals surface area contributed by atoms with Gasteiger partial charge in [0.05, 0.1) is 24.8 Å². The van der Waals surface area contributed by atoms with Gasteiger partial charge in [0, 0.05) is 30.9 Å². The van der Waals surface area contributed by atoms with Gasteiger partial charge in [-0.05, 0) is 33.3 Å². The molecule has 0 unspecified atom stereocenters. The van der Waals surface area contributed by atoms with Crippen LogP contribution in [0.4, 0.5) is 0 Å². The molecule has 1 spiro atoms. The van der Waals surface area contributed by atoms with Crippen molar-refractivity contribution in [2.75, 3.05) is 19.7 Å². The number of rotatable bonds is 1. The zero-order chi connectivity index (χ0) is 18.9. The number of nitrogens with zero attached hydrogens (tertiary/aromatic N) is 5. The third-order valence-electron chi connectivity index (χ3n) is 6.16. The van der Waals surface area contributed by atoms with Gasteiger partial charge in [0.15, 0.2) is 11.4 Å². The van der Waals surface area contributed by atoms with Gasteiger partial charge < -0.3 is 14.5 Å². The van der Waals surface area contributed by atoms with E-state index in [-0.39, 0.29) is 17.9 Å². The fraction of sp³-hybridized carbons (Fsp3) is 0.579. The molecule has 0 bridgehead atoms. The Balaban J connectivity index is 1.57. The molecule has 0 aromatic carbocycles. The van der Waals surface area contributed by atoms with Gasteiger partial charge in [-0.15, -0.1) is 0 Å². The summed E-state index contributed by atoms with van der Waals surface area (Å²) in [6.07, 6.45) is 1.85. The molecule has 0 radical (unpaired) electrons. The monoisotopic (exact) mass is 369 g/mol. The zero-order valence-corrected chi connectivity index (χ0v) is 15.9. The average Bonchev–Trinajstić information content (AvgIpc) is 3.22. The molecule has 142 valence electrons. The van der Waals surface area contributed by atoms with E-state index in [0.717, 1.165) is 17.8 Å². The lowest BCUT2D eigenvalue weighted by Gasteiger charge is -2.42. The van der Waals surface area contributed by atoms with Crippen molar-refractivity contribution >= 4 is 17.5 Å². The Labute approximate surface area is 157 Å². The van der Waals surface area contributed by atoms with Crippen molar-refractivity contribution < 1.29 is 14.3 Å². The number of hydrogen-bond donors (Lipinski definition) is 0. The van der Waals surface area contributed by atoms with Crippen molar-refractivity contribution in [3.63, 3.8) is 0 Å². The van der Waals surface area contributed by atoms with Crippen molar-refractivity contribution in [2.24, 2.45) is 0 Å². The average molecular weight is 369 g/mol. The molecule has 8 nitrogen and oxygen atoms in total. The van der Waals surface area contributed by atoms with Gasteiger partial charge >= 0.3 is 0 Å². The number of carbonyl (C=O) groups is 2. The molecular weight excluding hydrogens is 346 g/mol. The van der Waals surface area contributed by atoms with Gasteiger partial charge in [0.1, 0.15) is 5.56 Å². The minimum atomic E-state index is -0.638. The molecule has 27 heavy (non-hydrogen) atoms. The van der Waals surface area contributed by atoms with Gasteiger partial charge in [-0.2, -0.15) is 5.10 Å². The van der Waals surface area contributed by atoms with E-state index in [1.54, 1.807) is 4.52 Å². The standard InChI is InChI=1S/C19H23N5O3/c1-11-9-12(2)24-17(20-11)16(13(3)21-24)18(26)22-7-5-19-14(22)10-15(25)23(19)6-4-8-27-19/h9,14H,4-8,10H2,1-3H3/t14-,19+/m1/s1. The lowest BCUT2D eigenvalue weighted by molar-refractivity contribution is -0.179. The number of carbonyl (C=O) groups excluding carboxylic acids is 2. The first-order chi connectivity index (χ1) is 12.9. The topological polar surface area (TPSA) is 80.0 Å². The molecule has 3 aliphatic heterocycles. The zero-order valence-electron chi connectivity index (χ0n) is 15.9. The summed E-state index contributed by atoms with van der Waals surface area (Å²) in [6.45, 7) is 7.64. The summed E-state index contributed by atoms with van der Waals surface area (Å²) in [5, 5.41) is 4.52. The van der Waals surface area contributed by atoms with Gasteiger partial charge in [0.2, 0.25) is 5.91 Å². The smallest absolute Gasteiger partial charge is 0.260 e. The van der Waals surface area contributed by atoms with Crippen molar-refractivity contribution in [3.05, 3.63) is 28.7 Å². The third-order valence-corrected chi connectivity index (χ3v) is 6.16. The SMILES string of the molecule is Cc1cc(C)n2nc(C)c(C(=O)N3CC[C@@]45OCCCN4C(=O)C[C@@H]35)c2n1. The Morgan fingerprint density at radius 1 is 1.30 bits per heavy atom. The molecule has 2 aromatic heterocycles. The van der Waals surface area contributed by atoms with Crippen LogP contribution < -0.4 is 0 Å². The van der Waals surface area contributed by atoms with Gasteiger partial charge in [-0.25, -0.2) is 9.50 Å². The Kier molecular flexibility index (Phi) is 3.40. The fourth-order valence-corrected chi connectivity index (χ4v) is 5.01. The van der Waals surface area contributed by atoms with E-state index >= 15 is 0 Å². The van der Waals surface area contributed by atoms with Gasteiger partial charge in [-0.1, -0.05) is 0 Å². The van der Waals surface area contributed by atoms with E-state index in [2.05, 4.69) is 10.1 Å². The highest BCUT2D eigenvalue weighted by molar-refractivity contribution is 6.02. The first-order valence-electron chi connectivity index (χ1n) is 9.51. The summed E-state index contributed by atoms with van der Waals surface area (Å²) >= 11 is 0. The summed E-state index contributed by atoms with van der Waals surface area (Å²) in [5.74, 6) is -0.0238. The Morgan fingerprint density at radius 2 is 2.11 bits per heavy atom. The lowest BCUT2D eigenvalue weighted by Crippen LogP contribution is -2.56. The van der Waals surface area contributed by atoms with E-state index < -0.39 is 5.72 Å². The number of likely N-dealkylation sites (tertiary alicyclic amines) is 1. The second-order valence-corrected chi connectivity index (χ2v) is 7.80. The van der Waals surface area contributed by atoms with Gasteiger partial charge in [-0.3, -0.25) is 9.59 Å². The molecule has 2 amide bonds. The van der Waals surface area contributed by atoms with Crippen LogP contribution in [0.1, 0.15) is 46.7 Å². The number of hydrogen-bond acceptors (Lipinski definition) is 5. The number of aromatic nitrogens is 3. The molecule has 0 N–H and O–H groups in total. The molecule has 8 heteroatoms. The first-order valence-corrected chi connectivity index (χ1v) is 9.51. The highest BCUT2D eigenvalue weighted by Gasteiger charge is 2.61. The van der Waals surface area contributed by atoms with Crippen LogP contribution in [0.25, 0.3) is 5.65 Å². The number of fused-ring (bicyclic) bond motifs is 1. The van der Waals surface area contributed by atoms with Crippen LogP contribution in [0.5, 0.6) is 0 Å². The first kappa shape index (κ1) is 16.7. The maximum absolute atomic E-state index is 13.5. The minimum absolute atomic E-state index is 0.0820. The second kappa shape index (κ2) is 5.51. The molecular formula is C19H23N5O3. The molecule has 3 saturated heterocycles. The molecule has 0 saturated carbocycles. The molecule has 5 heterocycles. The highest BCUT2D eigenvalue weighted by atomic mass is 16.5. The molecule has 5 rings (SSSR count). The maximum atomic E-state index is 13.5. The quantitative estimate of drug-likeness (QED) is 0.755. The van der Waals surface area contributed by atoms with Crippen LogP contribution in [0.2, 0.25) is 0 Å². The molecule has 2 aromatic rings. The van der Waals surface area contributed by atoms with E-state index in [4.69, 9.17) is 4.74 Å². The van der Waals surface area contributed by atoms with E-state index in [1.165, 1.54) is 0 Å². The van der Waals surface area contributed by atoms with Crippen LogP contribution in [-0.4, -0.2) is 67.7 Å². The van der Waals surface area contributed by atoms with Crippen LogP contribution in [-0.2, 0) is 9.53 Å². The predicted octanol–water partition coefficient (Wildman–Crippen LogP) is 1.22. The normalized spacial score (nSPS) is 27.4. The second-order valence-electron chi connectivity index (χ2n) is 7.80. The molecule has 2 atom stereocenters. The predicted molar refractivity (Wildman–Crippen MR) is 96.3 cm³/mol. The van der Waals surface area contributed by atoms with Crippen molar-refractivity contribution in [1.82, 2.24) is 24.4 Å². The number of ether oxygens (including phenoxy) is 1. The molecule has 0 aliphatic carbocycles. The number of amides is 2. The summed E-state index contributed by atoms with van der Waals surface area (Å²) in [4.78, 5) is 34.3. The Morgan fingerprint density at radius 3 is 2.93 bits per heavy atom. The minimum Gasteiger partial charge on any atom is -0.353 e. The van der Waals surface area contributed by atoms with Gasteiger partial charge in [0.25, 0.3) is 5.91 Å². The maximum Gasteiger partial charge on any atom is 0.260 e. The Hall–Kier alpha value is -2.48.